The first-order chi connectivity index (χ1) is 23.4. The summed E-state index contributed by atoms with van der Waals surface area (Å²) in [6, 6.07) is 0. The van der Waals surface area contributed by atoms with E-state index in [9.17, 15) is 20.1 Å². The van der Waals surface area contributed by atoms with Gasteiger partial charge in [-0.3, -0.25) is 4.79 Å². The van der Waals surface area contributed by atoms with Gasteiger partial charge in [0, 0.05) is 13.0 Å². The Morgan fingerprint density at radius 1 is 0.521 bits per heavy atom. The Labute approximate surface area is 297 Å². The van der Waals surface area contributed by atoms with Crippen molar-refractivity contribution in [2.24, 2.45) is 0 Å². The van der Waals surface area contributed by atoms with Crippen LogP contribution in [0.25, 0.3) is 0 Å². The number of unbranched alkanes of at least 4 members (excludes halogenated alkanes) is 26. The van der Waals surface area contributed by atoms with Crippen molar-refractivity contribution in [1.29, 1.82) is 0 Å². The maximum absolute atomic E-state index is 13.4. The summed E-state index contributed by atoms with van der Waals surface area (Å²) in [6.07, 6.45) is 36.3. The van der Waals surface area contributed by atoms with Crippen molar-refractivity contribution in [1.82, 2.24) is 4.90 Å². The topological polar surface area (TPSA) is 90.2 Å². The maximum Gasteiger partial charge on any atom is 0.224 e. The van der Waals surface area contributed by atoms with Crippen LogP contribution >= 0.6 is 0 Å². The minimum Gasteiger partial charge on any atom is -0.388 e. The zero-order valence-electron chi connectivity index (χ0n) is 32.1. The molecule has 3 N–H and O–H groups in total. The molecule has 48 heavy (non-hydrogen) atoms. The molecule has 284 valence electrons. The van der Waals surface area contributed by atoms with E-state index in [0.29, 0.717) is 13.0 Å². The number of carbonyl (C=O) groups is 1. The van der Waals surface area contributed by atoms with E-state index in [1.54, 1.807) is 11.8 Å². The molecule has 0 bridgehead atoms. The van der Waals surface area contributed by atoms with Gasteiger partial charge in [-0.2, -0.15) is 0 Å². The highest BCUT2D eigenvalue weighted by Crippen LogP contribution is 2.25. The number of amides is 1. The van der Waals surface area contributed by atoms with Gasteiger partial charge in [0.1, 0.15) is 18.3 Å². The molecule has 0 aliphatic carbocycles. The van der Waals surface area contributed by atoms with Gasteiger partial charge in [-0.25, -0.2) is 0 Å². The predicted molar refractivity (Wildman–Crippen MR) is 203 cm³/mol. The lowest BCUT2D eigenvalue weighted by atomic mass is 9.97. The molecule has 1 amide bonds. The van der Waals surface area contributed by atoms with E-state index in [4.69, 9.17) is 4.74 Å². The van der Waals surface area contributed by atoms with Crippen molar-refractivity contribution in [3.63, 3.8) is 0 Å². The third kappa shape index (κ3) is 22.7. The number of carbonyl (C=O) groups excluding carboxylic acids is 1. The maximum atomic E-state index is 13.4. The number of nitrogens with zero attached hydrogens (tertiary/aromatic N) is 1. The fraction of sp³-hybridized carbons (Fsp3) is 0.929. The van der Waals surface area contributed by atoms with Crippen molar-refractivity contribution >= 4 is 5.91 Å². The second-order valence-electron chi connectivity index (χ2n) is 14.9. The van der Waals surface area contributed by atoms with Crippen LogP contribution in [-0.2, 0) is 9.53 Å². The number of hydrogen-bond acceptors (Lipinski definition) is 5. The number of hydrogen-bond donors (Lipinski definition) is 3. The molecule has 0 radical (unpaired) electrons. The van der Waals surface area contributed by atoms with E-state index < -0.39 is 30.6 Å². The number of aliphatic hydroxyl groups is 3. The van der Waals surface area contributed by atoms with Crippen molar-refractivity contribution in [3.8, 4) is 0 Å². The van der Waals surface area contributed by atoms with E-state index >= 15 is 0 Å². The smallest absolute Gasteiger partial charge is 0.224 e. The van der Waals surface area contributed by atoms with E-state index in [-0.39, 0.29) is 5.91 Å². The standard InChI is InChI=1S/C42H81NO5/c1-4-6-8-10-12-14-16-18-20-22-24-26-28-30-32-34-36-43(42-41(47)40(46)39(45)37(3)48-42)38(44)35-33-31-29-27-25-23-21-19-17-15-13-11-9-7-5-2/h19,21,37,39-42,45-47H,4-18,20,22-36H2,1-3H3/b21-19-/t37-,39-,40+,41+,42?/m0/s1. The van der Waals surface area contributed by atoms with Crippen LogP contribution in [0.5, 0.6) is 0 Å². The second-order valence-corrected chi connectivity index (χ2v) is 14.9. The first kappa shape index (κ1) is 45.1. The molecule has 1 aliphatic rings. The Hall–Kier alpha value is -0.950. The molecule has 0 spiro atoms. The van der Waals surface area contributed by atoms with Crippen LogP contribution in [0, 0.1) is 0 Å². The number of allylic oxidation sites excluding steroid dienone is 2. The molecule has 1 aliphatic heterocycles. The van der Waals surface area contributed by atoms with Gasteiger partial charge in [0.25, 0.3) is 0 Å². The van der Waals surface area contributed by atoms with Crippen LogP contribution in [0.4, 0.5) is 0 Å². The average Bonchev–Trinajstić information content (AvgIpc) is 3.08. The minimum absolute atomic E-state index is 0.0200. The Bertz CT molecular complexity index is 746. The predicted octanol–water partition coefficient (Wildman–Crippen LogP) is 10.9. The van der Waals surface area contributed by atoms with Gasteiger partial charge in [0.2, 0.25) is 5.91 Å². The van der Waals surface area contributed by atoms with Crippen LogP contribution in [0.3, 0.4) is 0 Å². The monoisotopic (exact) mass is 680 g/mol. The molecule has 1 unspecified atom stereocenters. The van der Waals surface area contributed by atoms with Gasteiger partial charge < -0.3 is 25.0 Å². The van der Waals surface area contributed by atoms with Crippen LogP contribution in [0.2, 0.25) is 0 Å². The molecule has 0 saturated carbocycles. The molecule has 0 aromatic carbocycles. The quantitative estimate of drug-likeness (QED) is 0.0474. The Kier molecular flexibility index (Phi) is 30.0. The van der Waals surface area contributed by atoms with E-state index in [1.165, 1.54) is 141 Å². The number of rotatable bonds is 33. The van der Waals surface area contributed by atoms with Crippen LogP contribution < -0.4 is 0 Å². The lowest BCUT2D eigenvalue weighted by Gasteiger charge is -2.44. The van der Waals surface area contributed by atoms with Gasteiger partial charge in [-0.05, 0) is 45.4 Å². The molecular weight excluding hydrogens is 598 g/mol. The van der Waals surface area contributed by atoms with Gasteiger partial charge in [-0.1, -0.05) is 174 Å². The second kappa shape index (κ2) is 32.0. The van der Waals surface area contributed by atoms with Crippen LogP contribution in [0.1, 0.15) is 213 Å². The van der Waals surface area contributed by atoms with E-state index in [1.807, 2.05) is 0 Å². The molecular formula is C42H81NO5. The highest BCUT2D eigenvalue weighted by molar-refractivity contribution is 5.76. The van der Waals surface area contributed by atoms with Crippen LogP contribution in [-0.4, -0.2) is 63.3 Å². The molecule has 1 saturated heterocycles. The SMILES string of the molecule is CCCCCCCC/C=C\CCCCCCCC(=O)N(CCCCCCCCCCCCCCCCCC)C1O[C@@H](C)[C@H](O)[C@@H](O)[C@H]1O. The summed E-state index contributed by atoms with van der Waals surface area (Å²) in [5, 5.41) is 31.4. The summed E-state index contributed by atoms with van der Waals surface area (Å²) in [5.74, 6) is -0.0200. The third-order valence-electron chi connectivity index (χ3n) is 10.4. The zero-order chi connectivity index (χ0) is 35.1. The summed E-state index contributed by atoms with van der Waals surface area (Å²) in [7, 11) is 0. The number of aliphatic hydroxyl groups excluding tert-OH is 3. The molecule has 5 atom stereocenters. The van der Waals surface area contributed by atoms with Gasteiger partial charge >= 0.3 is 0 Å². The molecule has 6 nitrogen and oxygen atoms in total. The first-order valence-electron chi connectivity index (χ1n) is 21.1. The van der Waals surface area contributed by atoms with Crippen molar-refractivity contribution < 1.29 is 24.9 Å². The van der Waals surface area contributed by atoms with Gasteiger partial charge in [0.05, 0.1) is 6.10 Å². The van der Waals surface area contributed by atoms with E-state index in [0.717, 1.165) is 44.9 Å². The molecule has 1 heterocycles. The lowest BCUT2D eigenvalue weighted by Crippen LogP contribution is -2.62. The zero-order valence-corrected chi connectivity index (χ0v) is 32.1. The molecule has 1 fully saturated rings. The largest absolute Gasteiger partial charge is 0.388 e. The van der Waals surface area contributed by atoms with Gasteiger partial charge in [0.15, 0.2) is 6.23 Å². The summed E-state index contributed by atoms with van der Waals surface area (Å²) < 4.78 is 5.91. The van der Waals surface area contributed by atoms with Crippen molar-refractivity contribution in [2.45, 2.75) is 244 Å². The molecule has 0 aromatic rings. The lowest BCUT2D eigenvalue weighted by molar-refractivity contribution is -0.253. The highest BCUT2D eigenvalue weighted by atomic mass is 16.5. The Morgan fingerprint density at radius 3 is 1.33 bits per heavy atom. The normalized spacial score (nSPS) is 21.3. The van der Waals surface area contributed by atoms with Crippen molar-refractivity contribution in [3.05, 3.63) is 12.2 Å². The molecule has 0 aromatic heterocycles. The Morgan fingerprint density at radius 2 is 0.896 bits per heavy atom. The fourth-order valence-corrected chi connectivity index (χ4v) is 7.00. The summed E-state index contributed by atoms with van der Waals surface area (Å²) >= 11 is 0. The average molecular weight is 680 g/mol. The minimum atomic E-state index is -1.32. The van der Waals surface area contributed by atoms with E-state index in [2.05, 4.69) is 26.0 Å². The third-order valence-corrected chi connectivity index (χ3v) is 10.4. The van der Waals surface area contributed by atoms with Gasteiger partial charge in [-0.15, -0.1) is 0 Å². The summed E-state index contributed by atoms with van der Waals surface area (Å²) in [5.41, 5.74) is 0. The molecule has 6 heteroatoms. The number of ether oxygens (including phenoxy) is 1. The van der Waals surface area contributed by atoms with Crippen LogP contribution in [0.15, 0.2) is 12.2 Å². The highest BCUT2D eigenvalue weighted by Gasteiger charge is 2.45. The first-order valence-corrected chi connectivity index (χ1v) is 21.1. The Balaban J connectivity index is 2.25. The fourth-order valence-electron chi connectivity index (χ4n) is 7.00. The molecule has 1 rings (SSSR count). The van der Waals surface area contributed by atoms with Crippen molar-refractivity contribution in [2.75, 3.05) is 6.54 Å². The summed E-state index contributed by atoms with van der Waals surface area (Å²) in [6.45, 7) is 6.74. The summed E-state index contributed by atoms with van der Waals surface area (Å²) in [4.78, 5) is 15.0.